The van der Waals surface area contributed by atoms with Crippen molar-refractivity contribution in [3.8, 4) is 0 Å². The Bertz CT molecular complexity index is 557. The highest BCUT2D eigenvalue weighted by atomic mass is 79.9. The molecule has 4 nitrogen and oxygen atoms in total. The minimum atomic E-state index is -0.270. The number of hydrogen-bond acceptors (Lipinski definition) is 3. The van der Waals surface area contributed by atoms with E-state index in [0.29, 0.717) is 11.3 Å². The summed E-state index contributed by atoms with van der Waals surface area (Å²) in [6, 6.07) is 10.6. The molecule has 17 heavy (non-hydrogen) atoms. The number of anilines is 2. The van der Waals surface area contributed by atoms with E-state index < -0.39 is 0 Å². The number of nitrogens with zero attached hydrogens (tertiary/aromatic N) is 1. The van der Waals surface area contributed by atoms with Crippen LogP contribution in [0, 0.1) is 0 Å². The Kier molecular flexibility index (Phi) is 3.39. The average molecular weight is 292 g/mol. The van der Waals surface area contributed by atoms with Gasteiger partial charge >= 0.3 is 0 Å². The number of rotatable bonds is 2. The summed E-state index contributed by atoms with van der Waals surface area (Å²) in [6.07, 6.45) is 1.55. The molecule has 0 unspecified atom stereocenters. The Hall–Kier alpha value is -1.88. The number of nitrogen functional groups attached to an aromatic ring is 1. The number of nitrogens with one attached hydrogen (secondary N) is 1. The lowest BCUT2D eigenvalue weighted by atomic mass is 10.2. The topological polar surface area (TPSA) is 68.0 Å². The Morgan fingerprint density at radius 3 is 2.82 bits per heavy atom. The monoisotopic (exact) mass is 291 g/mol. The summed E-state index contributed by atoms with van der Waals surface area (Å²) < 4.78 is 0.898. The first kappa shape index (κ1) is 11.6. The molecule has 1 amide bonds. The molecule has 0 aliphatic carbocycles. The van der Waals surface area contributed by atoms with Crippen LogP contribution in [-0.2, 0) is 0 Å². The number of halogens is 1. The van der Waals surface area contributed by atoms with E-state index in [1.807, 2.05) is 18.2 Å². The van der Waals surface area contributed by atoms with Gasteiger partial charge in [-0.1, -0.05) is 22.0 Å². The second-order valence-corrected chi connectivity index (χ2v) is 4.32. The third kappa shape index (κ3) is 2.82. The van der Waals surface area contributed by atoms with Gasteiger partial charge in [0.25, 0.3) is 5.91 Å². The van der Waals surface area contributed by atoms with Crippen LogP contribution in [0.5, 0.6) is 0 Å². The number of amides is 1. The molecule has 0 bridgehead atoms. The molecule has 0 fully saturated rings. The van der Waals surface area contributed by atoms with Crippen molar-refractivity contribution in [3.63, 3.8) is 0 Å². The van der Waals surface area contributed by atoms with Crippen molar-refractivity contribution in [2.75, 3.05) is 11.1 Å². The first-order valence-corrected chi connectivity index (χ1v) is 5.73. The summed E-state index contributed by atoms with van der Waals surface area (Å²) in [5.74, 6) is -0.0475. The SMILES string of the molecule is Nc1ncccc1C(=O)Nc1cccc(Br)c1. The van der Waals surface area contributed by atoms with Gasteiger partial charge in [0.1, 0.15) is 5.82 Å². The van der Waals surface area contributed by atoms with E-state index in [2.05, 4.69) is 26.2 Å². The average Bonchev–Trinajstić information content (AvgIpc) is 2.29. The molecule has 0 aliphatic rings. The fraction of sp³-hybridized carbons (Fsp3) is 0. The molecular formula is C12H10BrN3O. The van der Waals surface area contributed by atoms with Crippen LogP contribution < -0.4 is 11.1 Å². The highest BCUT2D eigenvalue weighted by Gasteiger charge is 2.09. The number of pyridine rings is 1. The smallest absolute Gasteiger partial charge is 0.259 e. The van der Waals surface area contributed by atoms with Gasteiger partial charge in [0.15, 0.2) is 0 Å². The van der Waals surface area contributed by atoms with Gasteiger partial charge in [-0.05, 0) is 30.3 Å². The van der Waals surface area contributed by atoms with E-state index >= 15 is 0 Å². The van der Waals surface area contributed by atoms with Gasteiger partial charge in [-0.15, -0.1) is 0 Å². The summed E-state index contributed by atoms with van der Waals surface area (Å²) in [5.41, 5.74) is 6.69. The van der Waals surface area contributed by atoms with Crippen molar-refractivity contribution in [1.82, 2.24) is 4.98 Å². The van der Waals surface area contributed by atoms with E-state index in [0.717, 1.165) is 4.47 Å². The van der Waals surface area contributed by atoms with E-state index in [1.54, 1.807) is 24.4 Å². The Balaban J connectivity index is 2.20. The third-order valence-corrected chi connectivity index (χ3v) is 2.66. The van der Waals surface area contributed by atoms with Crippen molar-refractivity contribution in [3.05, 3.63) is 52.6 Å². The molecule has 1 heterocycles. The molecule has 86 valence electrons. The van der Waals surface area contributed by atoms with E-state index in [4.69, 9.17) is 5.73 Å². The standard InChI is InChI=1S/C12H10BrN3O/c13-8-3-1-4-9(7-8)16-12(17)10-5-2-6-15-11(10)14/h1-7H,(H2,14,15)(H,16,17). The van der Waals surface area contributed by atoms with E-state index in [-0.39, 0.29) is 11.7 Å². The lowest BCUT2D eigenvalue weighted by Gasteiger charge is -2.06. The van der Waals surface area contributed by atoms with E-state index in [1.165, 1.54) is 0 Å². The number of hydrogen-bond donors (Lipinski definition) is 2. The first-order valence-electron chi connectivity index (χ1n) is 4.94. The lowest BCUT2D eigenvalue weighted by Crippen LogP contribution is -2.14. The second-order valence-electron chi connectivity index (χ2n) is 3.40. The maximum Gasteiger partial charge on any atom is 0.259 e. The maximum absolute atomic E-state index is 11.9. The van der Waals surface area contributed by atoms with Gasteiger partial charge in [0.05, 0.1) is 5.56 Å². The molecule has 5 heteroatoms. The Labute approximate surface area is 107 Å². The number of carbonyl (C=O) groups is 1. The fourth-order valence-corrected chi connectivity index (χ4v) is 1.77. The van der Waals surface area contributed by atoms with Crippen LogP contribution in [0.3, 0.4) is 0 Å². The molecule has 2 aromatic rings. The molecule has 1 aromatic carbocycles. The zero-order valence-electron chi connectivity index (χ0n) is 8.85. The summed E-state index contributed by atoms with van der Waals surface area (Å²) in [6.45, 7) is 0. The molecule has 0 saturated heterocycles. The highest BCUT2D eigenvalue weighted by Crippen LogP contribution is 2.17. The molecule has 2 rings (SSSR count). The molecule has 0 saturated carbocycles. The molecule has 0 radical (unpaired) electrons. The van der Waals surface area contributed by atoms with Crippen LogP contribution >= 0.6 is 15.9 Å². The molecule has 1 aromatic heterocycles. The van der Waals surface area contributed by atoms with Crippen LogP contribution in [0.25, 0.3) is 0 Å². The predicted octanol–water partition coefficient (Wildman–Crippen LogP) is 2.68. The van der Waals surface area contributed by atoms with Gasteiger partial charge in [0, 0.05) is 16.4 Å². The van der Waals surface area contributed by atoms with Crippen molar-refractivity contribution in [1.29, 1.82) is 0 Å². The van der Waals surface area contributed by atoms with Gasteiger partial charge in [-0.3, -0.25) is 4.79 Å². The summed E-state index contributed by atoms with van der Waals surface area (Å²) in [5, 5.41) is 2.75. The second kappa shape index (κ2) is 4.97. The predicted molar refractivity (Wildman–Crippen MR) is 70.7 cm³/mol. The summed E-state index contributed by atoms with van der Waals surface area (Å²) in [7, 11) is 0. The Morgan fingerprint density at radius 1 is 1.29 bits per heavy atom. The first-order chi connectivity index (χ1) is 8.16. The minimum absolute atomic E-state index is 0.222. The number of nitrogens with two attached hydrogens (primary N) is 1. The lowest BCUT2D eigenvalue weighted by molar-refractivity contribution is 0.102. The molecule has 0 spiro atoms. The normalized spacial score (nSPS) is 9.94. The quantitative estimate of drug-likeness (QED) is 0.894. The van der Waals surface area contributed by atoms with Crippen LogP contribution in [0.1, 0.15) is 10.4 Å². The molecule has 0 aliphatic heterocycles. The molecule has 0 atom stereocenters. The maximum atomic E-state index is 11.9. The van der Waals surface area contributed by atoms with Crippen LogP contribution in [0.4, 0.5) is 11.5 Å². The van der Waals surface area contributed by atoms with Crippen molar-refractivity contribution < 1.29 is 4.79 Å². The molecular weight excluding hydrogens is 282 g/mol. The highest BCUT2D eigenvalue weighted by molar-refractivity contribution is 9.10. The number of carbonyl (C=O) groups excluding carboxylic acids is 1. The zero-order chi connectivity index (χ0) is 12.3. The van der Waals surface area contributed by atoms with Gasteiger partial charge < -0.3 is 11.1 Å². The van der Waals surface area contributed by atoms with E-state index in [9.17, 15) is 4.79 Å². The van der Waals surface area contributed by atoms with Gasteiger partial charge in [-0.25, -0.2) is 4.98 Å². The van der Waals surface area contributed by atoms with Crippen molar-refractivity contribution in [2.24, 2.45) is 0 Å². The zero-order valence-corrected chi connectivity index (χ0v) is 10.4. The fourth-order valence-electron chi connectivity index (χ4n) is 1.37. The van der Waals surface area contributed by atoms with Crippen LogP contribution in [-0.4, -0.2) is 10.9 Å². The Morgan fingerprint density at radius 2 is 2.12 bits per heavy atom. The van der Waals surface area contributed by atoms with Crippen molar-refractivity contribution >= 4 is 33.3 Å². The number of benzene rings is 1. The minimum Gasteiger partial charge on any atom is -0.383 e. The summed E-state index contributed by atoms with van der Waals surface area (Å²) >= 11 is 3.33. The largest absolute Gasteiger partial charge is 0.383 e. The van der Waals surface area contributed by atoms with Gasteiger partial charge in [-0.2, -0.15) is 0 Å². The molecule has 3 N–H and O–H groups in total. The van der Waals surface area contributed by atoms with Gasteiger partial charge in [0.2, 0.25) is 0 Å². The van der Waals surface area contributed by atoms with Crippen LogP contribution in [0.15, 0.2) is 47.1 Å². The van der Waals surface area contributed by atoms with Crippen molar-refractivity contribution in [2.45, 2.75) is 0 Å². The third-order valence-electron chi connectivity index (χ3n) is 2.17. The van der Waals surface area contributed by atoms with Crippen LogP contribution in [0.2, 0.25) is 0 Å². The number of aromatic nitrogens is 1. The summed E-state index contributed by atoms with van der Waals surface area (Å²) in [4.78, 5) is 15.8.